The number of carbonyl (C=O) groups excluding carboxylic acids is 1. The van der Waals surface area contributed by atoms with Crippen molar-refractivity contribution in [2.75, 3.05) is 17.2 Å². The fourth-order valence-corrected chi connectivity index (χ4v) is 3.20. The number of hydrogen-bond donors (Lipinski definition) is 2. The quantitative estimate of drug-likeness (QED) is 0.744. The zero-order chi connectivity index (χ0) is 18.4. The van der Waals surface area contributed by atoms with E-state index in [1.807, 2.05) is 32.0 Å². The molecule has 0 saturated carbocycles. The second-order valence-corrected chi connectivity index (χ2v) is 6.85. The Balaban J connectivity index is 1.59. The van der Waals surface area contributed by atoms with E-state index in [1.54, 1.807) is 6.07 Å². The molecule has 5 heteroatoms. The zero-order valence-corrected chi connectivity index (χ0v) is 15.5. The van der Waals surface area contributed by atoms with Crippen LogP contribution in [0.4, 0.5) is 11.5 Å². The average Bonchev–Trinajstić information content (AvgIpc) is 2.65. The highest BCUT2D eigenvalue weighted by molar-refractivity contribution is 6.03. The summed E-state index contributed by atoms with van der Waals surface area (Å²) in [5.74, 6) is 0.458. The first kappa shape index (κ1) is 18.1. The average molecular weight is 350 g/mol. The minimum atomic E-state index is -0.225. The molecule has 1 amide bonds. The van der Waals surface area contributed by atoms with E-state index in [1.165, 1.54) is 43.1 Å². The molecule has 0 radical (unpaired) electrons. The maximum atomic E-state index is 12.5. The van der Waals surface area contributed by atoms with Gasteiger partial charge in [-0.2, -0.15) is 0 Å². The molecule has 1 aliphatic rings. The first-order valence-electron chi connectivity index (χ1n) is 9.24. The van der Waals surface area contributed by atoms with E-state index >= 15 is 0 Å². The van der Waals surface area contributed by atoms with E-state index in [2.05, 4.69) is 26.7 Å². The van der Waals surface area contributed by atoms with E-state index < -0.39 is 0 Å². The van der Waals surface area contributed by atoms with Crippen molar-refractivity contribution in [2.45, 2.75) is 46.0 Å². The minimum Gasteiger partial charge on any atom is -0.370 e. The predicted octanol–water partition coefficient (Wildman–Crippen LogP) is 4.65. The fraction of sp³-hybridized carbons (Fsp3) is 0.381. The molecule has 0 bridgehead atoms. The van der Waals surface area contributed by atoms with Crippen molar-refractivity contribution in [1.29, 1.82) is 0 Å². The van der Waals surface area contributed by atoms with Gasteiger partial charge in [0.1, 0.15) is 17.8 Å². The van der Waals surface area contributed by atoms with Crippen LogP contribution in [0, 0.1) is 13.8 Å². The van der Waals surface area contributed by atoms with Gasteiger partial charge < -0.3 is 10.6 Å². The van der Waals surface area contributed by atoms with Crippen molar-refractivity contribution < 1.29 is 4.79 Å². The highest BCUT2D eigenvalue weighted by Crippen LogP contribution is 2.20. The van der Waals surface area contributed by atoms with E-state index in [0.717, 1.165) is 24.2 Å². The first-order chi connectivity index (χ1) is 12.6. The number of anilines is 2. The lowest BCUT2D eigenvalue weighted by atomic mass is 9.97. The molecule has 2 aromatic rings. The Morgan fingerprint density at radius 3 is 2.81 bits per heavy atom. The molecule has 1 aromatic heterocycles. The molecule has 1 aromatic carbocycles. The van der Waals surface area contributed by atoms with Gasteiger partial charge in [0.25, 0.3) is 5.91 Å². The molecule has 1 aliphatic carbocycles. The third kappa shape index (κ3) is 4.91. The van der Waals surface area contributed by atoms with Crippen LogP contribution in [0.2, 0.25) is 0 Å². The van der Waals surface area contributed by atoms with Crippen molar-refractivity contribution in [3.63, 3.8) is 0 Å². The van der Waals surface area contributed by atoms with Crippen molar-refractivity contribution in [1.82, 2.24) is 9.97 Å². The second-order valence-electron chi connectivity index (χ2n) is 6.85. The minimum absolute atomic E-state index is 0.225. The molecular formula is C21H26N4O. The Kier molecular flexibility index (Phi) is 6.00. The Bertz CT molecular complexity index is 813. The second kappa shape index (κ2) is 8.61. The summed E-state index contributed by atoms with van der Waals surface area (Å²) >= 11 is 0. The standard InChI is InChI=1S/C21H26N4O/c1-15-8-9-18(16(2)12-15)25-21(26)19-13-20(24-14-23-19)22-11-10-17-6-4-3-5-7-17/h6,8-9,12-14H,3-5,7,10-11H2,1-2H3,(H,25,26)(H,22,23,24). The molecule has 1 heterocycles. The van der Waals surface area contributed by atoms with Crippen molar-refractivity contribution in [3.8, 4) is 0 Å². The molecule has 0 unspecified atom stereocenters. The van der Waals surface area contributed by atoms with Gasteiger partial charge in [-0.05, 0) is 57.6 Å². The SMILES string of the molecule is Cc1ccc(NC(=O)c2cc(NCCC3=CCCCC3)ncn2)c(C)c1. The molecule has 3 rings (SSSR count). The van der Waals surface area contributed by atoms with Gasteiger partial charge in [-0.3, -0.25) is 4.79 Å². The van der Waals surface area contributed by atoms with Crippen LogP contribution in [-0.4, -0.2) is 22.4 Å². The summed E-state index contributed by atoms with van der Waals surface area (Å²) in [6.45, 7) is 4.83. The van der Waals surface area contributed by atoms with Crippen LogP contribution in [0.3, 0.4) is 0 Å². The summed E-state index contributed by atoms with van der Waals surface area (Å²) in [7, 11) is 0. The third-order valence-electron chi connectivity index (χ3n) is 4.67. The number of benzene rings is 1. The first-order valence-corrected chi connectivity index (χ1v) is 9.24. The number of hydrogen-bond acceptors (Lipinski definition) is 4. The van der Waals surface area contributed by atoms with Crippen LogP contribution >= 0.6 is 0 Å². The highest BCUT2D eigenvalue weighted by atomic mass is 16.1. The molecule has 26 heavy (non-hydrogen) atoms. The van der Waals surface area contributed by atoms with Gasteiger partial charge in [-0.15, -0.1) is 0 Å². The van der Waals surface area contributed by atoms with Gasteiger partial charge in [0.05, 0.1) is 0 Å². The fourth-order valence-electron chi connectivity index (χ4n) is 3.20. The van der Waals surface area contributed by atoms with Crippen LogP contribution in [0.15, 0.2) is 42.2 Å². The molecule has 2 N–H and O–H groups in total. The van der Waals surface area contributed by atoms with E-state index in [-0.39, 0.29) is 5.91 Å². The number of rotatable bonds is 6. The summed E-state index contributed by atoms with van der Waals surface area (Å²) in [5, 5.41) is 6.22. The zero-order valence-electron chi connectivity index (χ0n) is 15.5. The summed E-state index contributed by atoms with van der Waals surface area (Å²) < 4.78 is 0. The monoisotopic (exact) mass is 350 g/mol. The molecular weight excluding hydrogens is 324 g/mol. The van der Waals surface area contributed by atoms with Gasteiger partial charge in [-0.25, -0.2) is 9.97 Å². The van der Waals surface area contributed by atoms with Crippen molar-refractivity contribution >= 4 is 17.4 Å². The van der Waals surface area contributed by atoms with Gasteiger partial charge >= 0.3 is 0 Å². The topological polar surface area (TPSA) is 66.9 Å². The van der Waals surface area contributed by atoms with Crippen LogP contribution < -0.4 is 10.6 Å². The summed E-state index contributed by atoms with van der Waals surface area (Å²) in [5.41, 5.74) is 4.89. The molecule has 0 atom stereocenters. The number of carbonyl (C=O) groups is 1. The maximum Gasteiger partial charge on any atom is 0.274 e. The van der Waals surface area contributed by atoms with E-state index in [0.29, 0.717) is 11.5 Å². The lowest BCUT2D eigenvalue weighted by molar-refractivity contribution is 0.102. The Hall–Kier alpha value is -2.69. The third-order valence-corrected chi connectivity index (χ3v) is 4.67. The van der Waals surface area contributed by atoms with Crippen LogP contribution in [-0.2, 0) is 0 Å². The van der Waals surface area contributed by atoms with Crippen LogP contribution in [0.5, 0.6) is 0 Å². The Morgan fingerprint density at radius 1 is 1.15 bits per heavy atom. The lowest BCUT2D eigenvalue weighted by Gasteiger charge is -2.13. The van der Waals surface area contributed by atoms with Crippen molar-refractivity contribution in [2.24, 2.45) is 0 Å². The van der Waals surface area contributed by atoms with Gasteiger partial charge in [-0.1, -0.05) is 29.3 Å². The number of aryl methyl sites for hydroxylation is 2. The summed E-state index contributed by atoms with van der Waals surface area (Å²) in [6, 6.07) is 7.65. The maximum absolute atomic E-state index is 12.5. The van der Waals surface area contributed by atoms with Gasteiger partial charge in [0.2, 0.25) is 0 Å². The summed E-state index contributed by atoms with van der Waals surface area (Å²) in [6.07, 6.45) is 9.81. The van der Waals surface area contributed by atoms with Crippen molar-refractivity contribution in [3.05, 3.63) is 59.1 Å². The molecule has 0 spiro atoms. The number of amides is 1. The Morgan fingerprint density at radius 2 is 2.04 bits per heavy atom. The number of allylic oxidation sites excluding steroid dienone is 1. The number of nitrogens with zero attached hydrogens (tertiary/aromatic N) is 2. The number of aromatic nitrogens is 2. The number of nitrogens with one attached hydrogen (secondary N) is 2. The Labute approximate surface area is 155 Å². The predicted molar refractivity (Wildman–Crippen MR) is 106 cm³/mol. The smallest absolute Gasteiger partial charge is 0.274 e. The summed E-state index contributed by atoms with van der Waals surface area (Å²) in [4.78, 5) is 20.8. The highest BCUT2D eigenvalue weighted by Gasteiger charge is 2.11. The lowest BCUT2D eigenvalue weighted by Crippen LogP contribution is -2.15. The van der Waals surface area contributed by atoms with Crippen LogP contribution in [0.1, 0.15) is 53.7 Å². The molecule has 5 nitrogen and oxygen atoms in total. The van der Waals surface area contributed by atoms with Gasteiger partial charge in [0, 0.05) is 18.3 Å². The van der Waals surface area contributed by atoms with Gasteiger partial charge in [0.15, 0.2) is 0 Å². The van der Waals surface area contributed by atoms with Crippen LogP contribution in [0.25, 0.3) is 0 Å². The largest absolute Gasteiger partial charge is 0.370 e. The normalized spacial score (nSPS) is 13.8. The van der Waals surface area contributed by atoms with E-state index in [9.17, 15) is 4.79 Å². The van der Waals surface area contributed by atoms with E-state index in [4.69, 9.17) is 0 Å². The molecule has 136 valence electrons. The molecule has 0 fully saturated rings. The molecule has 0 saturated heterocycles. The molecule has 0 aliphatic heterocycles.